The summed E-state index contributed by atoms with van der Waals surface area (Å²) in [6.45, 7) is 1.42. The summed E-state index contributed by atoms with van der Waals surface area (Å²) < 4.78 is 6.92. The second kappa shape index (κ2) is 11.9. The minimum Gasteiger partial charge on any atom is -0.495 e. The van der Waals surface area contributed by atoms with Crippen molar-refractivity contribution in [2.45, 2.75) is 25.8 Å². The number of ketones is 2. The quantitative estimate of drug-likeness (QED) is 0.277. The predicted molar refractivity (Wildman–Crippen MR) is 147 cm³/mol. The minimum atomic E-state index is -1.06. The Morgan fingerprint density at radius 1 is 1.03 bits per heavy atom. The van der Waals surface area contributed by atoms with Gasteiger partial charge >= 0.3 is 5.97 Å². The molecule has 0 aliphatic heterocycles. The molecular weight excluding hydrogens is 520 g/mol. The summed E-state index contributed by atoms with van der Waals surface area (Å²) in [5.41, 5.74) is 2.05. The fourth-order valence-corrected chi connectivity index (χ4v) is 4.53. The van der Waals surface area contributed by atoms with Crippen LogP contribution in [0.5, 0.6) is 5.75 Å². The summed E-state index contributed by atoms with van der Waals surface area (Å²) in [4.78, 5) is 54.9. The van der Waals surface area contributed by atoms with Crippen LogP contribution in [0.1, 0.15) is 44.9 Å². The molecule has 1 atom stereocenters. The van der Waals surface area contributed by atoms with Crippen molar-refractivity contribution in [3.05, 3.63) is 117 Å². The van der Waals surface area contributed by atoms with Gasteiger partial charge in [-0.1, -0.05) is 29.8 Å². The first-order valence-electron chi connectivity index (χ1n) is 12.0. The second-order valence-electron chi connectivity index (χ2n) is 8.93. The van der Waals surface area contributed by atoms with Crippen molar-refractivity contribution < 1.29 is 24.2 Å². The molecular formula is C30H25ClN2O6. The highest BCUT2D eigenvalue weighted by Crippen LogP contribution is 2.34. The number of carbonyl (C=O) groups excluding carboxylic acids is 2. The van der Waals surface area contributed by atoms with Gasteiger partial charge in [0.05, 0.1) is 18.9 Å². The summed E-state index contributed by atoms with van der Waals surface area (Å²) in [6.07, 6.45) is 3.18. The molecule has 198 valence electrons. The van der Waals surface area contributed by atoms with Crippen LogP contribution in [0, 0.1) is 0 Å². The standard InChI is InChI=1S/C30H25ClN2O6/c1-18(34)23-11-10-21(31)14-24(23)25-16-29(36)33(17-28(25)39-2)26(15-22-5-3-4-12-32-22)27(35)13-19-6-8-20(9-7-19)30(37)38/h3-12,14,16-17,26H,13,15H2,1-2H3,(H,37,38)/t26-/m0/s1. The Balaban J connectivity index is 1.79. The minimum absolute atomic E-state index is 0.0311. The van der Waals surface area contributed by atoms with E-state index in [1.54, 1.807) is 54.7 Å². The molecule has 0 bridgehead atoms. The van der Waals surface area contributed by atoms with Gasteiger partial charge in [-0.2, -0.15) is 0 Å². The lowest BCUT2D eigenvalue weighted by Gasteiger charge is -2.21. The van der Waals surface area contributed by atoms with Gasteiger partial charge in [0.2, 0.25) is 0 Å². The maximum absolute atomic E-state index is 13.6. The molecule has 0 amide bonds. The van der Waals surface area contributed by atoms with Crippen molar-refractivity contribution in [3.8, 4) is 16.9 Å². The molecule has 0 fully saturated rings. The molecule has 0 saturated heterocycles. The van der Waals surface area contributed by atoms with Crippen LogP contribution in [0.2, 0.25) is 5.02 Å². The Bertz CT molecular complexity index is 1600. The van der Waals surface area contributed by atoms with Crippen LogP contribution >= 0.6 is 11.6 Å². The van der Waals surface area contributed by atoms with Crippen LogP contribution in [0.25, 0.3) is 11.1 Å². The third kappa shape index (κ3) is 6.30. The van der Waals surface area contributed by atoms with E-state index < -0.39 is 17.6 Å². The van der Waals surface area contributed by atoms with E-state index in [0.29, 0.717) is 33.0 Å². The number of halogens is 1. The molecule has 0 saturated carbocycles. The first-order chi connectivity index (χ1) is 18.7. The van der Waals surface area contributed by atoms with Crippen molar-refractivity contribution >= 4 is 29.1 Å². The number of hydrogen-bond donors (Lipinski definition) is 1. The zero-order valence-electron chi connectivity index (χ0n) is 21.3. The molecule has 39 heavy (non-hydrogen) atoms. The molecule has 9 heteroatoms. The zero-order valence-corrected chi connectivity index (χ0v) is 22.0. The van der Waals surface area contributed by atoms with Gasteiger partial charge in [0, 0.05) is 46.9 Å². The van der Waals surface area contributed by atoms with Gasteiger partial charge in [-0.3, -0.25) is 19.4 Å². The molecule has 2 aromatic heterocycles. The molecule has 4 rings (SSSR count). The van der Waals surface area contributed by atoms with Crippen LogP contribution in [0.4, 0.5) is 0 Å². The van der Waals surface area contributed by atoms with Crippen LogP contribution in [0.3, 0.4) is 0 Å². The van der Waals surface area contributed by atoms with E-state index in [1.807, 2.05) is 0 Å². The number of aromatic carboxylic acids is 1. The van der Waals surface area contributed by atoms with Crippen LogP contribution < -0.4 is 10.3 Å². The average molecular weight is 545 g/mol. The number of benzene rings is 2. The third-order valence-electron chi connectivity index (χ3n) is 6.33. The van der Waals surface area contributed by atoms with Gasteiger partial charge in [-0.05, 0) is 60.5 Å². The van der Waals surface area contributed by atoms with Crippen molar-refractivity contribution in [1.29, 1.82) is 0 Å². The lowest BCUT2D eigenvalue weighted by molar-refractivity contribution is -0.121. The van der Waals surface area contributed by atoms with E-state index >= 15 is 0 Å². The summed E-state index contributed by atoms with van der Waals surface area (Å²) in [5, 5.41) is 9.54. The van der Waals surface area contributed by atoms with Crippen molar-refractivity contribution in [2.24, 2.45) is 0 Å². The number of nitrogens with zero attached hydrogens (tertiary/aromatic N) is 2. The summed E-state index contributed by atoms with van der Waals surface area (Å²) in [6, 6.07) is 16.5. The maximum Gasteiger partial charge on any atom is 0.335 e. The number of methoxy groups -OCH3 is 1. The Morgan fingerprint density at radius 3 is 2.38 bits per heavy atom. The normalized spacial score (nSPS) is 11.6. The van der Waals surface area contributed by atoms with Crippen LogP contribution in [0.15, 0.2) is 83.9 Å². The first kappa shape index (κ1) is 27.5. The lowest BCUT2D eigenvalue weighted by atomic mass is 9.96. The van der Waals surface area contributed by atoms with E-state index in [4.69, 9.17) is 21.4 Å². The van der Waals surface area contributed by atoms with Crippen molar-refractivity contribution in [1.82, 2.24) is 9.55 Å². The SMILES string of the molecule is COc1cn([C@@H](Cc2ccccn2)C(=O)Cc2ccc(C(=O)O)cc2)c(=O)cc1-c1cc(Cl)ccc1C(C)=O. The number of Topliss-reactive ketones (excluding diaryl/α,β-unsaturated/α-hetero) is 2. The molecule has 0 unspecified atom stereocenters. The van der Waals surface area contributed by atoms with E-state index in [0.717, 1.165) is 0 Å². The Kier molecular flexibility index (Phi) is 8.36. The number of carbonyl (C=O) groups is 3. The lowest BCUT2D eigenvalue weighted by Crippen LogP contribution is -2.32. The van der Waals surface area contributed by atoms with Crippen molar-refractivity contribution in [2.75, 3.05) is 7.11 Å². The topological polar surface area (TPSA) is 116 Å². The van der Waals surface area contributed by atoms with E-state index in [9.17, 15) is 19.2 Å². The highest BCUT2D eigenvalue weighted by molar-refractivity contribution is 6.31. The number of carboxylic acid groups (broad SMARTS) is 1. The molecule has 2 aromatic carbocycles. The largest absolute Gasteiger partial charge is 0.495 e. The Labute approximate surface area is 229 Å². The van der Waals surface area contributed by atoms with Crippen molar-refractivity contribution in [3.63, 3.8) is 0 Å². The number of aromatic nitrogens is 2. The molecule has 1 N–H and O–H groups in total. The number of carboxylic acids is 1. The van der Waals surface area contributed by atoms with E-state index in [2.05, 4.69) is 4.98 Å². The smallest absolute Gasteiger partial charge is 0.335 e. The molecule has 4 aromatic rings. The van der Waals surface area contributed by atoms with Gasteiger partial charge in [0.25, 0.3) is 5.56 Å². The Morgan fingerprint density at radius 2 is 1.77 bits per heavy atom. The molecule has 0 aliphatic rings. The highest BCUT2D eigenvalue weighted by Gasteiger charge is 2.25. The molecule has 0 spiro atoms. The molecule has 8 nitrogen and oxygen atoms in total. The highest BCUT2D eigenvalue weighted by atomic mass is 35.5. The monoisotopic (exact) mass is 544 g/mol. The fraction of sp³-hybridized carbons (Fsp3) is 0.167. The fourth-order valence-electron chi connectivity index (χ4n) is 4.36. The van der Waals surface area contributed by atoms with Crippen LogP contribution in [-0.4, -0.2) is 39.3 Å². The van der Waals surface area contributed by atoms with Gasteiger partial charge in [-0.25, -0.2) is 4.79 Å². The van der Waals surface area contributed by atoms with Gasteiger partial charge in [0.1, 0.15) is 11.8 Å². The molecule has 0 aliphatic carbocycles. The van der Waals surface area contributed by atoms with Gasteiger partial charge in [0.15, 0.2) is 11.6 Å². The van der Waals surface area contributed by atoms with E-state index in [1.165, 1.54) is 43.0 Å². The third-order valence-corrected chi connectivity index (χ3v) is 6.57. The van der Waals surface area contributed by atoms with Gasteiger partial charge < -0.3 is 14.4 Å². The maximum atomic E-state index is 13.6. The van der Waals surface area contributed by atoms with Crippen LogP contribution in [-0.2, 0) is 17.6 Å². The summed E-state index contributed by atoms with van der Waals surface area (Å²) in [7, 11) is 1.44. The van der Waals surface area contributed by atoms with Gasteiger partial charge in [-0.15, -0.1) is 0 Å². The Hall–Kier alpha value is -4.56. The number of ether oxygens (including phenoxy) is 1. The summed E-state index contributed by atoms with van der Waals surface area (Å²) >= 11 is 6.20. The predicted octanol–water partition coefficient (Wildman–Crippen LogP) is 5.07. The number of hydrogen-bond acceptors (Lipinski definition) is 6. The molecule has 0 radical (unpaired) electrons. The summed E-state index contributed by atoms with van der Waals surface area (Å²) in [5.74, 6) is -1.26. The number of pyridine rings is 2. The average Bonchev–Trinajstić information content (AvgIpc) is 2.92. The van der Waals surface area contributed by atoms with E-state index in [-0.39, 0.29) is 35.7 Å². The zero-order chi connectivity index (χ0) is 28.1. The first-order valence-corrected chi connectivity index (χ1v) is 12.4. The number of rotatable bonds is 10. The molecule has 2 heterocycles. The second-order valence-corrected chi connectivity index (χ2v) is 9.37.